The smallest absolute Gasteiger partial charge is 0.171 e. The molecule has 2 rings (SSSR count). The SMILES string of the molecule is Cc1nc2nc(C=O)ccc2s1. The van der Waals surface area contributed by atoms with Crippen LogP contribution in [0.1, 0.15) is 15.5 Å². The molecule has 0 unspecified atom stereocenters. The van der Waals surface area contributed by atoms with Gasteiger partial charge in [0.25, 0.3) is 0 Å². The topological polar surface area (TPSA) is 42.9 Å². The van der Waals surface area contributed by atoms with E-state index in [9.17, 15) is 4.79 Å². The average molecular weight is 178 g/mol. The van der Waals surface area contributed by atoms with E-state index in [1.54, 1.807) is 17.4 Å². The van der Waals surface area contributed by atoms with Crippen LogP contribution in [-0.2, 0) is 0 Å². The molecule has 0 aliphatic heterocycles. The minimum absolute atomic E-state index is 0.438. The first-order valence-corrected chi connectivity index (χ1v) is 4.30. The lowest BCUT2D eigenvalue weighted by molar-refractivity contribution is 0.111. The Morgan fingerprint density at radius 1 is 1.42 bits per heavy atom. The second-order valence-electron chi connectivity index (χ2n) is 2.41. The molecule has 0 aliphatic carbocycles. The van der Waals surface area contributed by atoms with E-state index in [4.69, 9.17) is 0 Å². The fourth-order valence-electron chi connectivity index (χ4n) is 1.01. The Kier molecular flexibility index (Phi) is 1.62. The maximum Gasteiger partial charge on any atom is 0.171 e. The summed E-state index contributed by atoms with van der Waals surface area (Å²) in [7, 11) is 0. The molecular formula is C8H6N2OS. The number of hydrogen-bond donors (Lipinski definition) is 0. The van der Waals surface area contributed by atoms with Crippen molar-refractivity contribution in [2.75, 3.05) is 0 Å². The molecule has 60 valence electrons. The van der Waals surface area contributed by atoms with Crippen LogP contribution in [0.4, 0.5) is 0 Å². The number of aryl methyl sites for hydroxylation is 1. The van der Waals surface area contributed by atoms with Crippen molar-refractivity contribution in [3.63, 3.8) is 0 Å². The third-order valence-electron chi connectivity index (χ3n) is 1.50. The fourth-order valence-corrected chi connectivity index (χ4v) is 1.78. The molecule has 0 fully saturated rings. The van der Waals surface area contributed by atoms with Gasteiger partial charge in [-0.25, -0.2) is 9.97 Å². The third kappa shape index (κ3) is 1.10. The summed E-state index contributed by atoms with van der Waals surface area (Å²) >= 11 is 1.58. The summed E-state index contributed by atoms with van der Waals surface area (Å²) in [6.45, 7) is 1.92. The number of aromatic nitrogens is 2. The molecule has 3 nitrogen and oxygen atoms in total. The van der Waals surface area contributed by atoms with Crippen LogP contribution < -0.4 is 0 Å². The van der Waals surface area contributed by atoms with Gasteiger partial charge in [-0.15, -0.1) is 11.3 Å². The molecule has 12 heavy (non-hydrogen) atoms. The number of carbonyl (C=O) groups excluding carboxylic acids is 1. The highest BCUT2D eigenvalue weighted by atomic mass is 32.1. The zero-order valence-electron chi connectivity index (χ0n) is 6.44. The summed E-state index contributed by atoms with van der Waals surface area (Å²) < 4.78 is 1.03. The van der Waals surface area contributed by atoms with Crippen LogP contribution in [0.3, 0.4) is 0 Å². The Morgan fingerprint density at radius 2 is 2.25 bits per heavy atom. The van der Waals surface area contributed by atoms with E-state index in [-0.39, 0.29) is 0 Å². The fraction of sp³-hybridized carbons (Fsp3) is 0.125. The van der Waals surface area contributed by atoms with Gasteiger partial charge in [0.2, 0.25) is 0 Å². The maximum atomic E-state index is 10.4. The zero-order chi connectivity index (χ0) is 8.55. The average Bonchev–Trinajstić information content (AvgIpc) is 2.43. The van der Waals surface area contributed by atoms with Crippen molar-refractivity contribution in [2.24, 2.45) is 0 Å². The van der Waals surface area contributed by atoms with E-state index in [1.807, 2.05) is 13.0 Å². The molecule has 0 radical (unpaired) electrons. The molecule has 2 aromatic rings. The molecule has 0 aliphatic rings. The van der Waals surface area contributed by atoms with Crippen LogP contribution in [0, 0.1) is 6.92 Å². The second-order valence-corrected chi connectivity index (χ2v) is 3.64. The van der Waals surface area contributed by atoms with E-state index in [0.29, 0.717) is 11.3 Å². The minimum atomic E-state index is 0.438. The van der Waals surface area contributed by atoms with Gasteiger partial charge in [0.15, 0.2) is 11.9 Å². The molecule has 0 N–H and O–H groups in total. The Labute approximate surface area is 73.1 Å². The van der Waals surface area contributed by atoms with Crippen molar-refractivity contribution in [1.29, 1.82) is 0 Å². The van der Waals surface area contributed by atoms with Crippen LogP contribution in [-0.4, -0.2) is 16.3 Å². The summed E-state index contributed by atoms with van der Waals surface area (Å²) in [5, 5.41) is 0.973. The Morgan fingerprint density at radius 3 is 3.00 bits per heavy atom. The summed E-state index contributed by atoms with van der Waals surface area (Å²) in [5.41, 5.74) is 1.11. The van der Waals surface area contributed by atoms with Gasteiger partial charge in [-0.3, -0.25) is 4.79 Å². The van der Waals surface area contributed by atoms with E-state index in [2.05, 4.69) is 9.97 Å². The van der Waals surface area contributed by atoms with Gasteiger partial charge in [0, 0.05) is 0 Å². The molecule has 2 aromatic heterocycles. The quantitative estimate of drug-likeness (QED) is 0.625. The predicted octanol–water partition coefficient (Wildman–Crippen LogP) is 1.81. The Balaban J connectivity index is 2.74. The highest BCUT2D eigenvalue weighted by Gasteiger charge is 2.01. The van der Waals surface area contributed by atoms with Crippen LogP contribution in [0.15, 0.2) is 12.1 Å². The lowest BCUT2D eigenvalue weighted by Crippen LogP contribution is -1.85. The van der Waals surface area contributed by atoms with E-state index in [1.165, 1.54) is 0 Å². The first-order chi connectivity index (χ1) is 5.79. The number of carbonyl (C=O) groups is 1. The summed E-state index contributed by atoms with van der Waals surface area (Å²) in [6, 6.07) is 3.57. The lowest BCUT2D eigenvalue weighted by atomic mass is 10.4. The first kappa shape index (κ1) is 7.36. The van der Waals surface area contributed by atoms with Crippen LogP contribution in [0.25, 0.3) is 10.3 Å². The molecule has 0 saturated heterocycles. The van der Waals surface area contributed by atoms with Crippen LogP contribution in [0.5, 0.6) is 0 Å². The van der Waals surface area contributed by atoms with Crippen molar-refractivity contribution < 1.29 is 4.79 Å². The van der Waals surface area contributed by atoms with Gasteiger partial charge in [-0.1, -0.05) is 0 Å². The zero-order valence-corrected chi connectivity index (χ0v) is 7.26. The highest BCUT2D eigenvalue weighted by molar-refractivity contribution is 7.18. The molecule has 0 saturated carbocycles. The van der Waals surface area contributed by atoms with Gasteiger partial charge < -0.3 is 0 Å². The predicted molar refractivity (Wildman–Crippen MR) is 47.5 cm³/mol. The maximum absolute atomic E-state index is 10.4. The number of aldehydes is 1. The number of thiazole rings is 1. The molecule has 2 heterocycles. The standard InChI is InChI=1S/C8H6N2OS/c1-5-9-8-7(12-5)3-2-6(4-11)10-8/h2-4H,1H3. The summed E-state index contributed by atoms with van der Waals surface area (Å²) in [6.07, 6.45) is 0.730. The normalized spacial score (nSPS) is 10.4. The molecule has 0 spiro atoms. The van der Waals surface area contributed by atoms with Crippen LogP contribution >= 0.6 is 11.3 Å². The van der Waals surface area contributed by atoms with Gasteiger partial charge in [-0.05, 0) is 19.1 Å². The molecule has 0 amide bonds. The number of pyridine rings is 1. The van der Waals surface area contributed by atoms with Gasteiger partial charge in [0.05, 0.1) is 9.71 Å². The van der Waals surface area contributed by atoms with Gasteiger partial charge in [-0.2, -0.15) is 0 Å². The molecular weight excluding hydrogens is 172 g/mol. The monoisotopic (exact) mass is 178 g/mol. The van der Waals surface area contributed by atoms with Crippen molar-refractivity contribution in [2.45, 2.75) is 6.92 Å². The molecule has 0 bridgehead atoms. The van der Waals surface area contributed by atoms with E-state index < -0.39 is 0 Å². The number of rotatable bonds is 1. The second kappa shape index (κ2) is 2.64. The van der Waals surface area contributed by atoms with Crippen molar-refractivity contribution >= 4 is 28.0 Å². The molecule has 4 heteroatoms. The largest absolute Gasteiger partial charge is 0.296 e. The third-order valence-corrected chi connectivity index (χ3v) is 2.43. The minimum Gasteiger partial charge on any atom is -0.296 e. The number of fused-ring (bicyclic) bond motifs is 1. The highest BCUT2D eigenvalue weighted by Crippen LogP contribution is 2.19. The molecule has 0 atom stereocenters. The van der Waals surface area contributed by atoms with Gasteiger partial charge >= 0.3 is 0 Å². The number of hydrogen-bond acceptors (Lipinski definition) is 4. The summed E-state index contributed by atoms with van der Waals surface area (Å²) in [4.78, 5) is 18.6. The summed E-state index contributed by atoms with van der Waals surface area (Å²) in [5.74, 6) is 0. The van der Waals surface area contributed by atoms with E-state index in [0.717, 1.165) is 16.0 Å². The Bertz CT molecular complexity index is 436. The number of nitrogens with zero attached hydrogens (tertiary/aromatic N) is 2. The lowest BCUT2D eigenvalue weighted by Gasteiger charge is -1.87. The van der Waals surface area contributed by atoms with E-state index >= 15 is 0 Å². The van der Waals surface area contributed by atoms with Crippen molar-refractivity contribution in [1.82, 2.24) is 9.97 Å². The van der Waals surface area contributed by atoms with Gasteiger partial charge in [0.1, 0.15) is 5.69 Å². The molecule has 0 aromatic carbocycles. The van der Waals surface area contributed by atoms with Crippen molar-refractivity contribution in [3.8, 4) is 0 Å². The van der Waals surface area contributed by atoms with Crippen molar-refractivity contribution in [3.05, 3.63) is 22.8 Å². The first-order valence-electron chi connectivity index (χ1n) is 3.49. The Hall–Kier alpha value is -1.29. The van der Waals surface area contributed by atoms with Crippen LogP contribution in [0.2, 0.25) is 0 Å².